The van der Waals surface area contributed by atoms with Gasteiger partial charge >= 0.3 is 0 Å². The van der Waals surface area contributed by atoms with Gasteiger partial charge in [0.25, 0.3) is 0 Å². The molecule has 0 amide bonds. The van der Waals surface area contributed by atoms with Gasteiger partial charge in [-0.2, -0.15) is 5.26 Å². The van der Waals surface area contributed by atoms with Gasteiger partial charge in [0.2, 0.25) is 5.88 Å². The summed E-state index contributed by atoms with van der Waals surface area (Å²) < 4.78 is 19.4. The van der Waals surface area contributed by atoms with Crippen LogP contribution < -0.4 is 5.73 Å². The molecule has 0 spiro atoms. The number of nitrogens with two attached hydrogens (primary N) is 1. The zero-order valence-electron chi connectivity index (χ0n) is 12.4. The normalized spacial score (nSPS) is 24.2. The molecule has 1 aromatic carbocycles. The summed E-state index contributed by atoms with van der Waals surface area (Å²) in [5.74, 6) is -0.369. The lowest BCUT2D eigenvalue weighted by Gasteiger charge is -2.33. The van der Waals surface area contributed by atoms with E-state index >= 15 is 0 Å². The van der Waals surface area contributed by atoms with E-state index in [-0.39, 0.29) is 27.6 Å². The van der Waals surface area contributed by atoms with E-state index in [1.807, 2.05) is 13.0 Å². The van der Waals surface area contributed by atoms with Gasteiger partial charge < -0.3 is 10.5 Å². The molecular formula is C17H14BrFN2O2. The summed E-state index contributed by atoms with van der Waals surface area (Å²) in [6.45, 7) is 1.97. The van der Waals surface area contributed by atoms with Crippen LogP contribution in [0.2, 0.25) is 0 Å². The molecule has 1 aromatic rings. The summed E-state index contributed by atoms with van der Waals surface area (Å²) in [6.07, 6.45) is 0.999. The van der Waals surface area contributed by atoms with Crippen LogP contribution in [0, 0.1) is 23.1 Å². The molecule has 3 rings (SSSR count). The number of ketones is 1. The van der Waals surface area contributed by atoms with Gasteiger partial charge in [-0.25, -0.2) is 4.39 Å². The molecule has 4 nitrogen and oxygen atoms in total. The van der Waals surface area contributed by atoms with E-state index in [9.17, 15) is 14.4 Å². The van der Waals surface area contributed by atoms with Crippen molar-refractivity contribution in [2.45, 2.75) is 25.7 Å². The summed E-state index contributed by atoms with van der Waals surface area (Å²) in [7, 11) is 0. The largest absolute Gasteiger partial charge is 0.444 e. The molecule has 2 atom stereocenters. The Morgan fingerprint density at radius 2 is 2.17 bits per heavy atom. The fourth-order valence-corrected chi connectivity index (χ4v) is 3.51. The van der Waals surface area contributed by atoms with Crippen LogP contribution >= 0.6 is 15.9 Å². The third-order valence-corrected chi connectivity index (χ3v) is 4.75. The number of benzene rings is 1. The highest BCUT2D eigenvalue weighted by Crippen LogP contribution is 2.44. The second-order valence-electron chi connectivity index (χ2n) is 5.87. The average Bonchev–Trinajstić information content (AvgIpc) is 2.48. The Balaban J connectivity index is 2.19. The maximum Gasteiger partial charge on any atom is 0.205 e. The summed E-state index contributed by atoms with van der Waals surface area (Å²) in [4.78, 5) is 12.5. The second-order valence-corrected chi connectivity index (χ2v) is 6.73. The summed E-state index contributed by atoms with van der Waals surface area (Å²) in [5.41, 5.74) is 7.17. The van der Waals surface area contributed by atoms with E-state index in [0.717, 1.165) is 0 Å². The highest BCUT2D eigenvalue weighted by Gasteiger charge is 2.39. The lowest BCUT2D eigenvalue weighted by molar-refractivity contribution is -0.117. The fraction of sp³-hybridized carbons (Fsp3) is 0.294. The van der Waals surface area contributed by atoms with E-state index in [1.165, 1.54) is 6.07 Å². The molecular weight excluding hydrogens is 363 g/mol. The lowest BCUT2D eigenvalue weighted by atomic mass is 9.75. The number of carbonyl (C=O) groups is 1. The van der Waals surface area contributed by atoms with Gasteiger partial charge in [0.1, 0.15) is 23.2 Å². The molecule has 6 heteroatoms. The van der Waals surface area contributed by atoms with E-state index < -0.39 is 11.7 Å². The van der Waals surface area contributed by atoms with Gasteiger partial charge in [-0.3, -0.25) is 4.79 Å². The smallest absolute Gasteiger partial charge is 0.205 e. The first-order valence-corrected chi connectivity index (χ1v) is 8.00. The van der Waals surface area contributed by atoms with E-state index in [4.69, 9.17) is 10.5 Å². The fourth-order valence-electron chi connectivity index (χ4n) is 3.12. The minimum Gasteiger partial charge on any atom is -0.444 e. The average molecular weight is 377 g/mol. The number of ether oxygens (including phenoxy) is 1. The molecule has 1 aliphatic heterocycles. The predicted molar refractivity (Wildman–Crippen MR) is 85.2 cm³/mol. The predicted octanol–water partition coefficient (Wildman–Crippen LogP) is 3.65. The molecule has 0 bridgehead atoms. The Morgan fingerprint density at radius 3 is 2.83 bits per heavy atom. The topological polar surface area (TPSA) is 76.1 Å². The minimum absolute atomic E-state index is 0.0126. The van der Waals surface area contributed by atoms with Gasteiger partial charge in [-0.1, -0.05) is 13.0 Å². The molecule has 0 saturated carbocycles. The SMILES string of the molecule is C[C@@H]1CC(=O)C2=C(C1)OC(N)=C(C#N)[C@@H]2c1ccc(F)c(Br)c1. The van der Waals surface area contributed by atoms with Gasteiger partial charge in [-0.05, 0) is 39.5 Å². The Hall–Kier alpha value is -2.13. The first-order chi connectivity index (χ1) is 10.9. The van der Waals surface area contributed by atoms with Crippen LogP contribution in [0.25, 0.3) is 0 Å². The first-order valence-electron chi connectivity index (χ1n) is 7.21. The molecule has 0 aromatic heterocycles. The molecule has 0 radical (unpaired) electrons. The van der Waals surface area contributed by atoms with Crippen molar-refractivity contribution in [1.29, 1.82) is 5.26 Å². The summed E-state index contributed by atoms with van der Waals surface area (Å²) in [5, 5.41) is 9.46. The maximum atomic E-state index is 13.5. The maximum absolute atomic E-state index is 13.5. The van der Waals surface area contributed by atoms with E-state index in [2.05, 4.69) is 15.9 Å². The highest BCUT2D eigenvalue weighted by molar-refractivity contribution is 9.10. The number of hydrogen-bond acceptors (Lipinski definition) is 4. The Kier molecular flexibility index (Phi) is 3.99. The standard InChI is InChI=1S/C17H14BrFN2O2/c1-8-4-13(22)16-14(5-8)23-17(21)10(7-20)15(16)9-2-3-12(19)11(18)6-9/h2-3,6,8,15H,4-5,21H2,1H3/t8-,15+/m1/s1. The van der Waals surface area contributed by atoms with Crippen LogP contribution in [-0.4, -0.2) is 5.78 Å². The Bertz CT molecular complexity index is 807. The molecule has 0 fully saturated rings. The van der Waals surface area contributed by atoms with Crippen molar-refractivity contribution in [3.8, 4) is 6.07 Å². The number of Topliss-reactive ketones (excluding diaryl/α,β-unsaturated/α-hetero) is 1. The third kappa shape index (κ3) is 2.66. The van der Waals surface area contributed by atoms with E-state index in [1.54, 1.807) is 12.1 Å². The van der Waals surface area contributed by atoms with Crippen LogP contribution in [0.5, 0.6) is 0 Å². The van der Waals surface area contributed by atoms with Gasteiger partial charge in [0.15, 0.2) is 5.78 Å². The van der Waals surface area contributed by atoms with E-state index in [0.29, 0.717) is 29.7 Å². The lowest BCUT2D eigenvalue weighted by Crippen LogP contribution is -2.29. The third-order valence-electron chi connectivity index (χ3n) is 4.14. The zero-order chi connectivity index (χ0) is 16.7. The Labute approximate surface area is 141 Å². The molecule has 23 heavy (non-hydrogen) atoms. The van der Waals surface area contributed by atoms with Crippen molar-refractivity contribution in [3.63, 3.8) is 0 Å². The number of allylic oxidation sites excluding steroid dienone is 3. The molecule has 0 saturated heterocycles. The van der Waals surface area contributed by atoms with Crippen LogP contribution in [0.3, 0.4) is 0 Å². The van der Waals surface area contributed by atoms with Crippen molar-refractivity contribution in [2.75, 3.05) is 0 Å². The zero-order valence-corrected chi connectivity index (χ0v) is 14.0. The van der Waals surface area contributed by atoms with Crippen LogP contribution in [0.4, 0.5) is 4.39 Å². The molecule has 1 heterocycles. The summed E-state index contributed by atoms with van der Waals surface area (Å²) in [6, 6.07) is 6.48. The number of halogens is 2. The molecule has 118 valence electrons. The number of nitriles is 1. The number of rotatable bonds is 1. The molecule has 0 unspecified atom stereocenters. The molecule has 2 aliphatic rings. The first kappa shape index (κ1) is 15.8. The van der Waals surface area contributed by atoms with Gasteiger partial charge in [-0.15, -0.1) is 0 Å². The van der Waals surface area contributed by atoms with Gasteiger partial charge in [0, 0.05) is 18.4 Å². The van der Waals surface area contributed by atoms with Crippen molar-refractivity contribution in [2.24, 2.45) is 11.7 Å². The summed E-state index contributed by atoms with van der Waals surface area (Å²) >= 11 is 3.14. The molecule has 2 N–H and O–H groups in total. The van der Waals surface area contributed by atoms with Crippen molar-refractivity contribution < 1.29 is 13.9 Å². The van der Waals surface area contributed by atoms with Crippen molar-refractivity contribution >= 4 is 21.7 Å². The van der Waals surface area contributed by atoms with Crippen LogP contribution in [0.15, 0.2) is 45.5 Å². The number of carbonyl (C=O) groups excluding carboxylic acids is 1. The minimum atomic E-state index is -0.611. The second kappa shape index (κ2) is 5.82. The van der Waals surface area contributed by atoms with Gasteiger partial charge in [0.05, 0.1) is 10.4 Å². The Morgan fingerprint density at radius 1 is 1.43 bits per heavy atom. The van der Waals surface area contributed by atoms with Crippen molar-refractivity contribution in [3.05, 3.63) is 56.8 Å². The van der Waals surface area contributed by atoms with Crippen molar-refractivity contribution in [1.82, 2.24) is 0 Å². The monoisotopic (exact) mass is 376 g/mol. The van der Waals surface area contributed by atoms with Crippen LogP contribution in [0.1, 0.15) is 31.2 Å². The van der Waals surface area contributed by atoms with Crippen LogP contribution in [-0.2, 0) is 9.53 Å². The highest BCUT2D eigenvalue weighted by atomic mass is 79.9. The number of hydrogen-bond donors (Lipinski definition) is 1. The number of nitrogens with zero attached hydrogens (tertiary/aromatic N) is 1. The molecule has 1 aliphatic carbocycles. The quantitative estimate of drug-likeness (QED) is 0.811.